The predicted octanol–water partition coefficient (Wildman–Crippen LogP) is 11.1. The van der Waals surface area contributed by atoms with Crippen molar-refractivity contribution < 1.29 is 52.9 Å². The smallest absolute Gasteiger partial charge is 0.323 e. The maximum absolute atomic E-state index is 13.4. The summed E-state index contributed by atoms with van der Waals surface area (Å²) in [5.41, 5.74) is 6.96. The lowest BCUT2D eigenvalue weighted by molar-refractivity contribution is 0.261. The monoisotopic (exact) mass is 1030 g/mol. The summed E-state index contributed by atoms with van der Waals surface area (Å²) in [7, 11) is -14.6. The number of benzene rings is 7. The first-order valence-electron chi connectivity index (χ1n) is 21.8. The third-order valence-electron chi connectivity index (χ3n) is 11.8. The van der Waals surface area contributed by atoms with Crippen molar-refractivity contribution in [1.82, 2.24) is 0 Å². The zero-order chi connectivity index (χ0) is 52.0. The normalized spacial score (nSPS) is 12.2. The summed E-state index contributed by atoms with van der Waals surface area (Å²) in [5.74, 6) is -0.0168. The molecule has 1 aliphatic heterocycles. The van der Waals surface area contributed by atoms with E-state index < -0.39 is 57.1 Å². The number of fused-ring (bicyclic) bond motifs is 2. The molecule has 0 aromatic heterocycles. The number of carbonyl (C=O) groups excluding carboxylic acids is 2. The third kappa shape index (κ3) is 10.6. The van der Waals surface area contributed by atoms with Gasteiger partial charge in [-0.1, -0.05) is 54.6 Å². The van der Waals surface area contributed by atoms with Crippen molar-refractivity contribution in [2.75, 3.05) is 26.6 Å². The highest BCUT2D eigenvalue weighted by molar-refractivity contribution is 7.86. The van der Waals surface area contributed by atoms with Crippen LogP contribution in [0.1, 0.15) is 33.4 Å². The Morgan fingerprint density at radius 3 is 1.74 bits per heavy atom. The minimum atomic E-state index is -5.11. The third-order valence-corrected chi connectivity index (χ3v) is 14.5. The molecular weight excluding hydrogens is 985 g/mol. The van der Waals surface area contributed by atoms with Gasteiger partial charge >= 0.3 is 12.1 Å². The summed E-state index contributed by atoms with van der Waals surface area (Å²) in [4.78, 5) is 29.5. The summed E-state index contributed by atoms with van der Waals surface area (Å²) in [5, 5.41) is 14.4. The molecule has 0 atom stereocenters. The molecule has 0 fully saturated rings. The number of hydrogen-bond acceptors (Lipinski definition) is 11. The van der Waals surface area contributed by atoms with Crippen LogP contribution in [0.3, 0.4) is 0 Å². The Balaban J connectivity index is 1.28. The summed E-state index contributed by atoms with van der Waals surface area (Å²) in [6.45, 7) is 10.6. The lowest BCUT2D eigenvalue weighted by Gasteiger charge is -2.21. The molecule has 1 heterocycles. The van der Waals surface area contributed by atoms with E-state index in [0.29, 0.717) is 45.0 Å². The van der Waals surface area contributed by atoms with Gasteiger partial charge in [0.15, 0.2) is 0 Å². The molecule has 6 aromatic carbocycles. The quantitative estimate of drug-likeness (QED) is 0.0442. The van der Waals surface area contributed by atoms with Crippen LogP contribution in [0.5, 0.6) is 0 Å². The van der Waals surface area contributed by atoms with Gasteiger partial charge in [0, 0.05) is 57.0 Å². The van der Waals surface area contributed by atoms with Gasteiger partial charge in [0.05, 0.1) is 27.3 Å². The largest absolute Gasteiger partial charge is 0.456 e. The van der Waals surface area contributed by atoms with Crippen LogP contribution in [0.4, 0.5) is 49.4 Å². The van der Waals surface area contributed by atoms with Crippen LogP contribution < -0.4 is 31.9 Å². The van der Waals surface area contributed by atoms with E-state index in [9.17, 15) is 48.5 Å². The average molecular weight is 1030 g/mol. The van der Waals surface area contributed by atoms with Gasteiger partial charge in [-0.2, -0.15) is 25.3 Å². The van der Waals surface area contributed by atoms with Gasteiger partial charge < -0.3 is 31.0 Å². The molecule has 370 valence electrons. The van der Waals surface area contributed by atoms with Gasteiger partial charge in [0.25, 0.3) is 30.4 Å². The number of rotatable bonds is 11. The fraction of sp³-hybridized carbons (Fsp3) is 0.118. The van der Waals surface area contributed by atoms with Gasteiger partial charge in [0.2, 0.25) is 0 Å². The number of nitrogens with zero attached hydrogens (tertiary/aromatic N) is 1. The maximum atomic E-state index is 13.4. The summed E-state index contributed by atoms with van der Waals surface area (Å²) < 4.78 is 113. The fourth-order valence-electron chi connectivity index (χ4n) is 8.65. The lowest BCUT2D eigenvalue weighted by Crippen LogP contribution is -2.21. The lowest BCUT2D eigenvalue weighted by atomic mass is 9.93. The highest BCUT2D eigenvalue weighted by atomic mass is 32.2. The first-order chi connectivity index (χ1) is 33.9. The number of carbonyl (C=O) groups is 2. The summed E-state index contributed by atoms with van der Waals surface area (Å²) in [6, 6.07) is 29.2. The standard InChI is InChI=1S/C51H46N6O12S3/c1-27-21-29(3)48(56-50(58)53-33-13-8-7-9-14-33)31(5)46(27)52-35-19-20-37-41(24-35)69-42-26-40(44(72(66,67)68)25-39(42)45(37)38-17-10-11-18-43(38)71(63,64)65)55-47-28(2)22-30(4)49(32(47)6)57-51(59)54-34-15-12-16-36(23-34)70(60,61)62/h7-26,52H,1-6H3,(H2,53,56,58)(H2,54,57,59)(H,60,61,62)(H,63,64,65)(H,66,67,68)/b55-40-. The van der Waals surface area contributed by atoms with Crippen LogP contribution in [0.25, 0.3) is 33.4 Å². The molecule has 2 aliphatic rings. The topological polar surface area (TPSA) is 283 Å². The number of urea groups is 2. The molecule has 0 saturated heterocycles. The molecule has 0 spiro atoms. The molecule has 6 aromatic rings. The molecule has 72 heavy (non-hydrogen) atoms. The van der Waals surface area contributed by atoms with Crippen LogP contribution in [0.2, 0.25) is 0 Å². The van der Waals surface area contributed by atoms with Crippen molar-refractivity contribution in [3.05, 3.63) is 160 Å². The van der Waals surface area contributed by atoms with Crippen LogP contribution >= 0.6 is 0 Å². The predicted molar refractivity (Wildman–Crippen MR) is 276 cm³/mol. The summed E-state index contributed by atoms with van der Waals surface area (Å²) >= 11 is 0. The van der Waals surface area contributed by atoms with Crippen molar-refractivity contribution in [3.63, 3.8) is 0 Å². The van der Waals surface area contributed by atoms with Gasteiger partial charge in [-0.05, 0) is 130 Å². The molecular formula is C51H46N6O12S3. The van der Waals surface area contributed by atoms with E-state index in [-0.39, 0.29) is 55.8 Å². The van der Waals surface area contributed by atoms with Crippen molar-refractivity contribution in [1.29, 1.82) is 0 Å². The number of hydrogen-bond donors (Lipinski definition) is 8. The molecule has 21 heteroatoms. The minimum Gasteiger partial charge on any atom is -0.456 e. The van der Waals surface area contributed by atoms with E-state index in [1.165, 1.54) is 42.5 Å². The van der Waals surface area contributed by atoms with Crippen LogP contribution in [-0.2, 0) is 30.4 Å². The van der Waals surface area contributed by atoms with E-state index in [2.05, 4.69) is 26.6 Å². The first kappa shape index (κ1) is 50.5. The van der Waals surface area contributed by atoms with Gasteiger partial charge in [0.1, 0.15) is 21.1 Å². The van der Waals surface area contributed by atoms with Gasteiger partial charge in [-0.15, -0.1) is 0 Å². The number of aryl methyl sites for hydroxylation is 4. The Kier molecular flexibility index (Phi) is 13.6. The number of nitrogens with one attached hydrogen (secondary N) is 5. The van der Waals surface area contributed by atoms with Crippen LogP contribution in [0.15, 0.2) is 145 Å². The van der Waals surface area contributed by atoms with Gasteiger partial charge in [-0.3, -0.25) is 13.7 Å². The molecule has 8 N–H and O–H groups in total. The van der Waals surface area contributed by atoms with E-state index in [0.717, 1.165) is 29.3 Å². The SMILES string of the molecule is Cc1cc(C)c(NC(=O)Nc2cccc(S(=O)(=O)O)c2)c(C)c1/N=c1/cc2oc3cc(Nc4c(C)cc(C)c(NC(=O)Nc5ccccc5)c4C)ccc3c(-c3ccccc3S(=O)(=O)O)c-2cc1S(=O)(=O)O. The second kappa shape index (κ2) is 19.4. The van der Waals surface area contributed by atoms with Crippen molar-refractivity contribution in [2.45, 2.75) is 56.2 Å². The number of para-hydroxylation sites is 1. The van der Waals surface area contributed by atoms with Crippen molar-refractivity contribution >= 4 is 93.2 Å². The zero-order valence-electron chi connectivity index (χ0n) is 39.2. The Morgan fingerprint density at radius 1 is 0.500 bits per heavy atom. The fourth-order valence-corrected chi connectivity index (χ4v) is 10.5. The number of amides is 4. The second-order valence-electron chi connectivity index (χ2n) is 17.0. The molecule has 4 amide bonds. The number of anilines is 6. The van der Waals surface area contributed by atoms with E-state index in [1.807, 2.05) is 32.9 Å². The molecule has 0 unspecified atom stereocenters. The van der Waals surface area contributed by atoms with Crippen LogP contribution in [0, 0.1) is 41.5 Å². The van der Waals surface area contributed by atoms with E-state index in [4.69, 9.17) is 9.41 Å². The molecule has 0 bridgehead atoms. The maximum Gasteiger partial charge on any atom is 0.323 e. The Bertz CT molecular complexity index is 3940. The van der Waals surface area contributed by atoms with Gasteiger partial charge in [-0.25, -0.2) is 14.6 Å². The zero-order valence-corrected chi connectivity index (χ0v) is 41.7. The highest BCUT2D eigenvalue weighted by Gasteiger charge is 2.27. The molecule has 0 saturated carbocycles. The first-order valence-corrected chi connectivity index (χ1v) is 26.1. The Hall–Kier alpha value is -7.92. The second-order valence-corrected chi connectivity index (χ2v) is 21.2. The molecule has 18 nitrogen and oxygen atoms in total. The minimum absolute atomic E-state index is 0.0168. The van der Waals surface area contributed by atoms with Crippen LogP contribution in [-0.4, -0.2) is 51.0 Å². The van der Waals surface area contributed by atoms with Crippen molar-refractivity contribution in [2.24, 2.45) is 4.99 Å². The van der Waals surface area contributed by atoms with E-state index in [1.54, 1.807) is 69.3 Å². The molecule has 8 rings (SSSR count). The van der Waals surface area contributed by atoms with E-state index >= 15 is 0 Å². The Morgan fingerprint density at radius 2 is 1.08 bits per heavy atom. The average Bonchev–Trinajstić information content (AvgIpc) is 3.30. The van der Waals surface area contributed by atoms with Crippen molar-refractivity contribution in [3.8, 4) is 22.5 Å². The molecule has 1 aliphatic carbocycles. The summed E-state index contributed by atoms with van der Waals surface area (Å²) in [6.07, 6.45) is 0. The Labute approximate surface area is 414 Å². The molecule has 0 radical (unpaired) electrons. The highest BCUT2D eigenvalue weighted by Crippen LogP contribution is 2.44.